The maximum atomic E-state index is 5.63. The fourth-order valence-corrected chi connectivity index (χ4v) is 3.24. The first-order valence-electron chi connectivity index (χ1n) is 8.08. The molecule has 1 heterocycles. The minimum Gasteiger partial charge on any atom is -0.494 e. The highest BCUT2D eigenvalue weighted by Crippen LogP contribution is 2.28. The van der Waals surface area contributed by atoms with Crippen molar-refractivity contribution >= 4 is 28.7 Å². The van der Waals surface area contributed by atoms with Crippen LogP contribution < -0.4 is 15.0 Å². The third-order valence-electron chi connectivity index (χ3n) is 4.02. The number of hydrogen-bond acceptors (Lipinski definition) is 2. The van der Waals surface area contributed by atoms with Crippen LogP contribution in [0.5, 0.6) is 5.75 Å². The molecule has 0 radical (unpaired) electrons. The number of ether oxygens (including phenoxy) is 1. The van der Waals surface area contributed by atoms with E-state index in [9.17, 15) is 0 Å². The van der Waals surface area contributed by atoms with Crippen molar-refractivity contribution in [1.29, 1.82) is 0 Å². The monoisotopic (exact) mass is 326 g/mol. The molecule has 4 heteroatoms. The third-order valence-corrected chi connectivity index (χ3v) is 4.34. The van der Waals surface area contributed by atoms with Gasteiger partial charge in [0.05, 0.1) is 6.61 Å². The van der Waals surface area contributed by atoms with Gasteiger partial charge in [-0.3, -0.25) is 0 Å². The summed E-state index contributed by atoms with van der Waals surface area (Å²) in [6.07, 6.45) is 2.25. The Morgan fingerprint density at radius 2 is 2.00 bits per heavy atom. The Labute approximate surface area is 143 Å². The first kappa shape index (κ1) is 15.8. The second kappa shape index (κ2) is 7.01. The second-order valence-electron chi connectivity index (χ2n) is 5.77. The maximum absolute atomic E-state index is 5.63. The average Bonchev–Trinajstić information content (AvgIpc) is 2.56. The largest absolute Gasteiger partial charge is 0.494 e. The van der Waals surface area contributed by atoms with Gasteiger partial charge in [0.1, 0.15) is 5.75 Å². The van der Waals surface area contributed by atoms with E-state index >= 15 is 0 Å². The number of fused-ring (bicyclic) bond motifs is 1. The lowest BCUT2D eigenvalue weighted by molar-refractivity contribution is 0.340. The summed E-state index contributed by atoms with van der Waals surface area (Å²) in [5.41, 5.74) is 4.89. The highest BCUT2D eigenvalue weighted by atomic mass is 32.1. The van der Waals surface area contributed by atoms with Gasteiger partial charge in [0.15, 0.2) is 5.11 Å². The standard InChI is InChI=1S/C19H22N2OS/c1-3-22-17-9-7-16(8-10-17)20-19(23)21-12-4-5-15-13-14(2)6-11-18(15)21/h6-11,13H,3-5,12H2,1-2H3,(H,20,23). The Morgan fingerprint density at radius 3 is 2.74 bits per heavy atom. The Kier molecular flexibility index (Phi) is 4.82. The van der Waals surface area contributed by atoms with Gasteiger partial charge in [-0.25, -0.2) is 0 Å². The summed E-state index contributed by atoms with van der Waals surface area (Å²) in [6, 6.07) is 14.5. The number of thiocarbonyl (C=S) groups is 1. The number of anilines is 2. The van der Waals surface area contributed by atoms with Gasteiger partial charge >= 0.3 is 0 Å². The molecular weight excluding hydrogens is 304 g/mol. The summed E-state index contributed by atoms with van der Waals surface area (Å²) in [6.45, 7) is 5.75. The average molecular weight is 326 g/mol. The normalized spacial score (nSPS) is 13.4. The fraction of sp³-hybridized carbons (Fsp3) is 0.316. The molecule has 2 aromatic carbocycles. The number of benzene rings is 2. The van der Waals surface area contributed by atoms with E-state index < -0.39 is 0 Å². The Morgan fingerprint density at radius 1 is 1.22 bits per heavy atom. The molecule has 0 fully saturated rings. The van der Waals surface area contributed by atoms with E-state index in [-0.39, 0.29) is 0 Å². The molecule has 2 aromatic rings. The lowest BCUT2D eigenvalue weighted by atomic mass is 10.00. The molecule has 0 amide bonds. The number of nitrogens with one attached hydrogen (secondary N) is 1. The lowest BCUT2D eigenvalue weighted by Gasteiger charge is -2.32. The summed E-state index contributed by atoms with van der Waals surface area (Å²) in [7, 11) is 0. The minimum atomic E-state index is 0.676. The quantitative estimate of drug-likeness (QED) is 0.837. The predicted octanol–water partition coefficient (Wildman–Crippen LogP) is 4.54. The summed E-state index contributed by atoms with van der Waals surface area (Å²) >= 11 is 5.63. The molecule has 0 spiro atoms. The summed E-state index contributed by atoms with van der Waals surface area (Å²) in [5, 5.41) is 4.09. The van der Waals surface area contributed by atoms with Crippen molar-refractivity contribution in [2.45, 2.75) is 26.7 Å². The van der Waals surface area contributed by atoms with Crippen LogP contribution in [-0.2, 0) is 6.42 Å². The molecule has 0 unspecified atom stereocenters. The van der Waals surface area contributed by atoms with Gasteiger partial charge < -0.3 is 15.0 Å². The van der Waals surface area contributed by atoms with Gasteiger partial charge in [-0.2, -0.15) is 0 Å². The third kappa shape index (κ3) is 3.64. The van der Waals surface area contributed by atoms with Crippen molar-refractivity contribution in [3.05, 3.63) is 53.6 Å². The van der Waals surface area contributed by atoms with Crippen molar-refractivity contribution in [2.24, 2.45) is 0 Å². The van der Waals surface area contributed by atoms with Gasteiger partial charge in [-0.15, -0.1) is 0 Å². The summed E-state index contributed by atoms with van der Waals surface area (Å²) < 4.78 is 5.47. The first-order valence-corrected chi connectivity index (χ1v) is 8.49. The number of hydrogen-bond donors (Lipinski definition) is 1. The molecule has 0 bridgehead atoms. The lowest BCUT2D eigenvalue weighted by Crippen LogP contribution is -2.38. The Balaban J connectivity index is 1.74. The second-order valence-corrected chi connectivity index (χ2v) is 6.16. The van der Waals surface area contributed by atoms with E-state index in [1.54, 1.807) is 0 Å². The molecule has 0 atom stereocenters. The molecule has 0 aromatic heterocycles. The summed E-state index contributed by atoms with van der Waals surface area (Å²) in [4.78, 5) is 2.20. The zero-order valence-electron chi connectivity index (χ0n) is 13.6. The molecule has 3 rings (SSSR count). The van der Waals surface area contributed by atoms with Crippen LogP contribution in [0.4, 0.5) is 11.4 Å². The van der Waals surface area contributed by atoms with E-state index in [4.69, 9.17) is 17.0 Å². The highest BCUT2D eigenvalue weighted by molar-refractivity contribution is 7.80. The van der Waals surface area contributed by atoms with Crippen LogP contribution in [0.15, 0.2) is 42.5 Å². The maximum Gasteiger partial charge on any atom is 0.177 e. The SMILES string of the molecule is CCOc1ccc(NC(=S)N2CCCc3cc(C)ccc32)cc1. The van der Waals surface area contributed by atoms with Gasteiger partial charge in [-0.05, 0) is 74.8 Å². The first-order chi connectivity index (χ1) is 11.2. The number of rotatable bonds is 3. The van der Waals surface area contributed by atoms with Crippen LogP contribution in [0.3, 0.4) is 0 Å². The molecule has 0 aliphatic carbocycles. The van der Waals surface area contributed by atoms with Gasteiger partial charge in [-0.1, -0.05) is 17.7 Å². The molecule has 23 heavy (non-hydrogen) atoms. The van der Waals surface area contributed by atoms with E-state index in [2.05, 4.69) is 35.3 Å². The van der Waals surface area contributed by atoms with Gasteiger partial charge in [0, 0.05) is 17.9 Å². The van der Waals surface area contributed by atoms with Crippen LogP contribution in [0.25, 0.3) is 0 Å². The molecule has 1 N–H and O–H groups in total. The van der Waals surface area contributed by atoms with Crippen LogP contribution >= 0.6 is 12.2 Å². The summed E-state index contributed by atoms with van der Waals surface area (Å²) in [5.74, 6) is 0.878. The highest BCUT2D eigenvalue weighted by Gasteiger charge is 2.20. The minimum absolute atomic E-state index is 0.676. The van der Waals surface area contributed by atoms with Crippen molar-refractivity contribution in [1.82, 2.24) is 0 Å². The van der Waals surface area contributed by atoms with Crippen LogP contribution in [0.2, 0.25) is 0 Å². The molecule has 1 aliphatic rings. The van der Waals surface area contributed by atoms with Crippen LogP contribution in [0, 0.1) is 6.92 Å². The van der Waals surface area contributed by atoms with Crippen LogP contribution in [0.1, 0.15) is 24.5 Å². The molecule has 0 saturated heterocycles. The molecular formula is C19H22N2OS. The van der Waals surface area contributed by atoms with Gasteiger partial charge in [0.25, 0.3) is 0 Å². The zero-order chi connectivity index (χ0) is 16.2. The van der Waals surface area contributed by atoms with Gasteiger partial charge in [0.2, 0.25) is 0 Å². The smallest absolute Gasteiger partial charge is 0.177 e. The molecule has 120 valence electrons. The number of aryl methyl sites for hydroxylation is 2. The van der Waals surface area contributed by atoms with Crippen molar-refractivity contribution < 1.29 is 4.74 Å². The Bertz CT molecular complexity index is 697. The molecule has 0 saturated carbocycles. The van der Waals surface area contributed by atoms with Crippen molar-refractivity contribution in [2.75, 3.05) is 23.4 Å². The topological polar surface area (TPSA) is 24.5 Å². The van der Waals surface area contributed by atoms with E-state index in [0.717, 1.165) is 35.9 Å². The molecule has 1 aliphatic heterocycles. The van der Waals surface area contributed by atoms with Crippen LogP contribution in [-0.4, -0.2) is 18.3 Å². The number of nitrogens with zero attached hydrogens (tertiary/aromatic N) is 1. The fourth-order valence-electron chi connectivity index (χ4n) is 2.93. The molecule has 3 nitrogen and oxygen atoms in total. The zero-order valence-corrected chi connectivity index (χ0v) is 14.5. The predicted molar refractivity (Wildman–Crippen MR) is 101 cm³/mol. The van der Waals surface area contributed by atoms with E-state index in [1.165, 1.54) is 16.8 Å². The Hall–Kier alpha value is -2.07. The van der Waals surface area contributed by atoms with Crippen molar-refractivity contribution in [3.8, 4) is 5.75 Å². The van der Waals surface area contributed by atoms with E-state index in [0.29, 0.717) is 6.61 Å². The van der Waals surface area contributed by atoms with E-state index in [1.807, 2.05) is 31.2 Å². The van der Waals surface area contributed by atoms with Crippen molar-refractivity contribution in [3.63, 3.8) is 0 Å².